The van der Waals surface area contributed by atoms with Crippen LogP contribution in [-0.4, -0.2) is 41.8 Å². The maximum absolute atomic E-state index is 13.1. The number of nitrogens with one attached hydrogen (secondary N) is 2. The molecule has 32 heavy (non-hydrogen) atoms. The second-order valence-corrected chi connectivity index (χ2v) is 8.71. The minimum Gasteiger partial charge on any atom is -0.339 e. The Morgan fingerprint density at radius 1 is 0.906 bits per heavy atom. The summed E-state index contributed by atoms with van der Waals surface area (Å²) >= 11 is 1.33. The minimum absolute atomic E-state index is 0.0190. The number of thiophene rings is 1. The van der Waals surface area contributed by atoms with Crippen LogP contribution in [0, 0.1) is 0 Å². The summed E-state index contributed by atoms with van der Waals surface area (Å²) < 4.78 is 0. The zero-order valence-corrected chi connectivity index (χ0v) is 18.4. The number of anilines is 1. The van der Waals surface area contributed by atoms with Crippen LogP contribution in [0.1, 0.15) is 38.4 Å². The van der Waals surface area contributed by atoms with Crippen molar-refractivity contribution in [1.82, 2.24) is 10.2 Å². The Kier molecular flexibility index (Phi) is 6.97. The highest BCUT2D eigenvalue weighted by Crippen LogP contribution is 2.16. The highest BCUT2D eigenvalue weighted by Gasteiger charge is 2.23. The molecule has 3 amide bonds. The van der Waals surface area contributed by atoms with Gasteiger partial charge in [0.1, 0.15) is 6.04 Å². The fourth-order valence-electron chi connectivity index (χ4n) is 3.72. The Morgan fingerprint density at radius 2 is 1.62 bits per heavy atom. The summed E-state index contributed by atoms with van der Waals surface area (Å²) in [6.07, 6.45) is 2.45. The maximum Gasteiger partial charge on any atom is 0.262 e. The lowest BCUT2D eigenvalue weighted by molar-refractivity contribution is -0.118. The van der Waals surface area contributed by atoms with Crippen LogP contribution in [0.2, 0.25) is 0 Å². The molecule has 7 heteroatoms. The second-order valence-electron chi connectivity index (χ2n) is 7.76. The summed E-state index contributed by atoms with van der Waals surface area (Å²) in [5.41, 5.74) is 2.14. The molecule has 1 fully saturated rings. The first kappa shape index (κ1) is 21.8. The van der Waals surface area contributed by atoms with Crippen LogP contribution in [0.15, 0.2) is 72.1 Å². The van der Waals surface area contributed by atoms with E-state index in [1.807, 2.05) is 40.6 Å². The molecular formula is C25H25N3O3S. The van der Waals surface area contributed by atoms with E-state index in [1.54, 1.807) is 36.4 Å². The average molecular weight is 448 g/mol. The van der Waals surface area contributed by atoms with Gasteiger partial charge >= 0.3 is 0 Å². The van der Waals surface area contributed by atoms with Crippen molar-refractivity contribution in [2.45, 2.75) is 25.3 Å². The summed E-state index contributed by atoms with van der Waals surface area (Å²) in [7, 11) is 0. The molecule has 1 unspecified atom stereocenters. The highest BCUT2D eigenvalue weighted by molar-refractivity contribution is 7.12. The van der Waals surface area contributed by atoms with Crippen molar-refractivity contribution in [1.29, 1.82) is 0 Å². The van der Waals surface area contributed by atoms with E-state index in [2.05, 4.69) is 10.6 Å². The monoisotopic (exact) mass is 447 g/mol. The van der Waals surface area contributed by atoms with Gasteiger partial charge in [0.05, 0.1) is 4.88 Å². The van der Waals surface area contributed by atoms with Gasteiger partial charge in [-0.1, -0.05) is 36.4 Å². The van der Waals surface area contributed by atoms with Crippen LogP contribution in [0.4, 0.5) is 5.69 Å². The topological polar surface area (TPSA) is 78.5 Å². The van der Waals surface area contributed by atoms with Crippen molar-refractivity contribution in [3.05, 3.63) is 88.1 Å². The Labute approximate surface area is 191 Å². The molecule has 0 bridgehead atoms. The van der Waals surface area contributed by atoms with E-state index in [-0.39, 0.29) is 17.7 Å². The van der Waals surface area contributed by atoms with Crippen molar-refractivity contribution in [2.75, 3.05) is 18.4 Å². The van der Waals surface area contributed by atoms with Crippen molar-refractivity contribution in [2.24, 2.45) is 0 Å². The summed E-state index contributed by atoms with van der Waals surface area (Å²) in [4.78, 5) is 40.6. The number of hydrogen-bond acceptors (Lipinski definition) is 4. The molecule has 164 valence electrons. The maximum atomic E-state index is 13.1. The lowest BCUT2D eigenvalue weighted by Crippen LogP contribution is -2.45. The van der Waals surface area contributed by atoms with Gasteiger partial charge in [-0.2, -0.15) is 0 Å². The SMILES string of the molecule is O=C(NC(Cc1ccccc1)C(=O)Nc1ccc(C(=O)N2CCCC2)cc1)c1cccs1. The molecule has 2 aromatic carbocycles. The van der Waals surface area contributed by atoms with Gasteiger partial charge in [0, 0.05) is 30.8 Å². The minimum atomic E-state index is -0.738. The third kappa shape index (κ3) is 5.42. The Morgan fingerprint density at radius 3 is 2.28 bits per heavy atom. The molecule has 1 saturated heterocycles. The Balaban J connectivity index is 1.45. The lowest BCUT2D eigenvalue weighted by atomic mass is 10.0. The van der Waals surface area contributed by atoms with Crippen molar-refractivity contribution in [3.63, 3.8) is 0 Å². The van der Waals surface area contributed by atoms with Gasteiger partial charge in [0.25, 0.3) is 11.8 Å². The Bertz CT molecular complexity index is 1060. The molecule has 1 aliphatic heterocycles. The van der Waals surface area contributed by atoms with E-state index in [4.69, 9.17) is 0 Å². The molecule has 6 nitrogen and oxygen atoms in total. The Hall–Kier alpha value is -3.45. The van der Waals surface area contributed by atoms with Gasteiger partial charge in [-0.05, 0) is 54.1 Å². The van der Waals surface area contributed by atoms with Crippen molar-refractivity contribution >= 4 is 34.7 Å². The third-order valence-electron chi connectivity index (χ3n) is 5.44. The van der Waals surface area contributed by atoms with E-state index in [1.165, 1.54) is 11.3 Å². The van der Waals surface area contributed by atoms with Crippen LogP contribution >= 0.6 is 11.3 Å². The number of nitrogens with zero attached hydrogens (tertiary/aromatic N) is 1. The first-order valence-corrected chi connectivity index (χ1v) is 11.6. The van der Waals surface area contributed by atoms with E-state index >= 15 is 0 Å². The summed E-state index contributed by atoms with van der Waals surface area (Å²) in [5, 5.41) is 7.55. The van der Waals surface area contributed by atoms with Gasteiger partial charge in [0.15, 0.2) is 0 Å². The number of hydrogen-bond donors (Lipinski definition) is 2. The molecule has 1 aromatic heterocycles. The summed E-state index contributed by atoms with van der Waals surface area (Å²) in [6.45, 7) is 1.59. The number of amides is 3. The molecule has 0 radical (unpaired) electrons. The molecule has 2 N–H and O–H groups in total. The smallest absolute Gasteiger partial charge is 0.262 e. The van der Waals surface area contributed by atoms with Gasteiger partial charge in [-0.3, -0.25) is 14.4 Å². The van der Waals surface area contributed by atoms with E-state index < -0.39 is 6.04 Å². The number of benzene rings is 2. The van der Waals surface area contributed by atoms with Crippen molar-refractivity contribution < 1.29 is 14.4 Å². The molecule has 2 heterocycles. The number of rotatable bonds is 7. The highest BCUT2D eigenvalue weighted by atomic mass is 32.1. The quantitative estimate of drug-likeness (QED) is 0.575. The van der Waals surface area contributed by atoms with E-state index in [0.717, 1.165) is 31.5 Å². The predicted molar refractivity (Wildman–Crippen MR) is 126 cm³/mol. The fourth-order valence-corrected chi connectivity index (χ4v) is 4.35. The molecule has 0 spiro atoms. The molecule has 0 aliphatic carbocycles. The first-order valence-electron chi connectivity index (χ1n) is 10.7. The first-order chi connectivity index (χ1) is 15.6. The van der Waals surface area contributed by atoms with Crippen LogP contribution in [0.3, 0.4) is 0 Å². The van der Waals surface area contributed by atoms with Crippen LogP contribution < -0.4 is 10.6 Å². The largest absolute Gasteiger partial charge is 0.339 e. The second kappa shape index (κ2) is 10.2. The molecule has 3 aromatic rings. The molecule has 1 atom stereocenters. The molecule has 4 rings (SSSR count). The normalized spacial score (nSPS) is 14.1. The average Bonchev–Trinajstić information content (AvgIpc) is 3.54. The molecule has 0 saturated carbocycles. The predicted octanol–water partition coefficient (Wildman–Crippen LogP) is 3.96. The number of carbonyl (C=O) groups excluding carboxylic acids is 3. The number of likely N-dealkylation sites (tertiary alicyclic amines) is 1. The zero-order valence-electron chi connectivity index (χ0n) is 17.6. The lowest BCUT2D eigenvalue weighted by Gasteiger charge is -2.19. The fraction of sp³-hybridized carbons (Fsp3) is 0.240. The molecular weight excluding hydrogens is 422 g/mol. The van der Waals surface area contributed by atoms with Crippen LogP contribution in [0.25, 0.3) is 0 Å². The zero-order chi connectivity index (χ0) is 22.3. The van der Waals surface area contributed by atoms with Crippen molar-refractivity contribution in [3.8, 4) is 0 Å². The van der Waals surface area contributed by atoms with Crippen LogP contribution in [-0.2, 0) is 11.2 Å². The van der Waals surface area contributed by atoms with Gasteiger partial charge in [0.2, 0.25) is 5.91 Å². The van der Waals surface area contributed by atoms with Crippen LogP contribution in [0.5, 0.6) is 0 Å². The van der Waals surface area contributed by atoms with E-state index in [9.17, 15) is 14.4 Å². The number of carbonyl (C=O) groups is 3. The summed E-state index contributed by atoms with van der Waals surface area (Å²) in [5.74, 6) is -0.564. The van der Waals surface area contributed by atoms with Gasteiger partial charge < -0.3 is 15.5 Å². The van der Waals surface area contributed by atoms with Gasteiger partial charge in [-0.25, -0.2) is 0 Å². The summed E-state index contributed by atoms with van der Waals surface area (Å²) in [6, 6.07) is 19.3. The molecule has 1 aliphatic rings. The third-order valence-corrected chi connectivity index (χ3v) is 6.31. The van der Waals surface area contributed by atoms with Gasteiger partial charge in [-0.15, -0.1) is 11.3 Å². The van der Waals surface area contributed by atoms with E-state index in [0.29, 0.717) is 22.5 Å². The standard InChI is InChI=1S/C25H25N3O3S/c29-23(26-20-12-10-19(11-13-20)25(31)28-14-4-5-15-28)21(17-18-7-2-1-3-8-18)27-24(30)22-9-6-16-32-22/h1-3,6-13,16,21H,4-5,14-15,17H2,(H,26,29)(H,27,30).